The molecule has 0 aromatic heterocycles. The zero-order chi connectivity index (χ0) is 12.9. The lowest BCUT2D eigenvalue weighted by Gasteiger charge is -2.47. The van der Waals surface area contributed by atoms with Gasteiger partial charge in [-0.15, -0.1) is 0 Å². The fourth-order valence-electron chi connectivity index (χ4n) is 2.47. The Morgan fingerprint density at radius 1 is 1.33 bits per heavy atom. The molecule has 1 aromatic rings. The van der Waals surface area contributed by atoms with Gasteiger partial charge in [0.15, 0.2) is 0 Å². The predicted octanol–water partition coefficient (Wildman–Crippen LogP) is 1.56. The van der Waals surface area contributed by atoms with Crippen LogP contribution in [0.25, 0.3) is 0 Å². The summed E-state index contributed by atoms with van der Waals surface area (Å²) in [6.45, 7) is 0.487. The summed E-state index contributed by atoms with van der Waals surface area (Å²) in [5.41, 5.74) is -0.930. The van der Waals surface area contributed by atoms with Crippen LogP contribution in [-0.4, -0.2) is 34.6 Å². The molecule has 5 heteroatoms. The molecule has 1 aliphatic heterocycles. The molecule has 1 aromatic carbocycles. The third-order valence-electron chi connectivity index (χ3n) is 3.72. The van der Waals surface area contributed by atoms with Crippen LogP contribution >= 0.6 is 0 Å². The standard InChI is InChI=1S/C13H13F2NO2/c14-9-3-4-10(11(15)5-9)12(17)16-6-13(18,7-16)8-1-2-8/h3-5,8,18H,1-2,6-7H2. The van der Waals surface area contributed by atoms with Gasteiger partial charge in [0.05, 0.1) is 18.7 Å². The molecule has 1 saturated carbocycles. The average Bonchev–Trinajstić information content (AvgIpc) is 3.08. The molecule has 1 amide bonds. The van der Waals surface area contributed by atoms with Crippen LogP contribution in [-0.2, 0) is 0 Å². The number of rotatable bonds is 2. The van der Waals surface area contributed by atoms with Crippen molar-refractivity contribution in [2.45, 2.75) is 18.4 Å². The third kappa shape index (κ3) is 1.79. The Kier molecular flexibility index (Phi) is 2.41. The fourth-order valence-corrected chi connectivity index (χ4v) is 2.47. The molecule has 1 N–H and O–H groups in total. The Hall–Kier alpha value is -1.49. The third-order valence-corrected chi connectivity index (χ3v) is 3.72. The number of hydrogen-bond donors (Lipinski definition) is 1. The molecule has 0 spiro atoms. The molecule has 3 nitrogen and oxygen atoms in total. The molecule has 96 valence electrons. The van der Waals surface area contributed by atoms with Crippen molar-refractivity contribution in [3.8, 4) is 0 Å². The van der Waals surface area contributed by atoms with E-state index < -0.39 is 23.1 Å². The van der Waals surface area contributed by atoms with Gasteiger partial charge >= 0.3 is 0 Å². The number of benzene rings is 1. The lowest BCUT2D eigenvalue weighted by molar-refractivity contribution is -0.0959. The maximum absolute atomic E-state index is 13.4. The highest BCUT2D eigenvalue weighted by atomic mass is 19.1. The highest BCUT2D eigenvalue weighted by Crippen LogP contribution is 2.44. The van der Waals surface area contributed by atoms with Crippen molar-refractivity contribution in [3.05, 3.63) is 35.4 Å². The molecule has 0 atom stereocenters. The van der Waals surface area contributed by atoms with E-state index >= 15 is 0 Å². The first-order valence-corrected chi connectivity index (χ1v) is 5.96. The minimum atomic E-state index is -0.859. The SMILES string of the molecule is O=C(c1ccc(F)cc1F)N1CC(O)(C2CC2)C1. The Morgan fingerprint density at radius 3 is 2.56 bits per heavy atom. The molecule has 1 aliphatic carbocycles. The number of β-amino-alcohol motifs (C(OH)–C–C–N with tert-alkyl or cyclic N) is 1. The maximum atomic E-state index is 13.4. The van der Waals surface area contributed by atoms with Crippen LogP contribution in [0.5, 0.6) is 0 Å². The van der Waals surface area contributed by atoms with Gasteiger partial charge in [-0.1, -0.05) is 0 Å². The van der Waals surface area contributed by atoms with Crippen molar-refractivity contribution in [1.82, 2.24) is 4.90 Å². The Labute approximate surface area is 103 Å². The highest BCUT2D eigenvalue weighted by Gasteiger charge is 2.53. The Bertz CT molecular complexity index is 508. The van der Waals surface area contributed by atoms with Crippen molar-refractivity contribution in [3.63, 3.8) is 0 Å². The summed E-state index contributed by atoms with van der Waals surface area (Å²) in [5.74, 6) is -1.78. The second-order valence-electron chi connectivity index (χ2n) is 5.16. The molecule has 0 radical (unpaired) electrons. The quantitative estimate of drug-likeness (QED) is 0.869. The molecule has 1 heterocycles. The maximum Gasteiger partial charge on any atom is 0.257 e. The van der Waals surface area contributed by atoms with Crippen LogP contribution < -0.4 is 0 Å². The normalized spacial score (nSPS) is 21.6. The van der Waals surface area contributed by atoms with Gasteiger partial charge in [-0.25, -0.2) is 8.78 Å². The monoisotopic (exact) mass is 253 g/mol. The zero-order valence-corrected chi connectivity index (χ0v) is 9.70. The zero-order valence-electron chi connectivity index (χ0n) is 9.70. The van der Waals surface area contributed by atoms with E-state index in [9.17, 15) is 18.7 Å². The lowest BCUT2D eigenvalue weighted by atomic mass is 9.88. The average molecular weight is 253 g/mol. The van der Waals surface area contributed by atoms with Crippen molar-refractivity contribution in [2.24, 2.45) is 5.92 Å². The fraction of sp³-hybridized carbons (Fsp3) is 0.462. The Morgan fingerprint density at radius 2 is 2.00 bits per heavy atom. The van der Waals surface area contributed by atoms with Crippen LogP contribution in [0.1, 0.15) is 23.2 Å². The van der Waals surface area contributed by atoms with Crippen molar-refractivity contribution >= 4 is 5.91 Å². The highest BCUT2D eigenvalue weighted by molar-refractivity contribution is 5.95. The molecular formula is C13H13F2NO2. The first-order chi connectivity index (χ1) is 8.49. The summed E-state index contributed by atoms with van der Waals surface area (Å²) in [7, 11) is 0. The Balaban J connectivity index is 1.72. The first-order valence-electron chi connectivity index (χ1n) is 5.96. The second kappa shape index (κ2) is 3.75. The lowest BCUT2D eigenvalue weighted by Crippen LogP contribution is -2.64. The van der Waals surface area contributed by atoms with Crippen LogP contribution in [0.3, 0.4) is 0 Å². The van der Waals surface area contributed by atoms with Gasteiger partial charge in [-0.05, 0) is 30.9 Å². The van der Waals surface area contributed by atoms with E-state index in [0.29, 0.717) is 6.07 Å². The van der Waals surface area contributed by atoms with E-state index in [4.69, 9.17) is 0 Å². The van der Waals surface area contributed by atoms with Crippen LogP contribution in [0, 0.1) is 17.6 Å². The number of likely N-dealkylation sites (tertiary alicyclic amines) is 1. The van der Waals surface area contributed by atoms with Gasteiger partial charge in [0.25, 0.3) is 5.91 Å². The van der Waals surface area contributed by atoms with E-state index in [1.807, 2.05) is 0 Å². The largest absolute Gasteiger partial charge is 0.386 e. The number of carbonyl (C=O) groups is 1. The van der Waals surface area contributed by atoms with E-state index in [1.165, 1.54) is 4.90 Å². The van der Waals surface area contributed by atoms with Crippen molar-refractivity contribution in [1.29, 1.82) is 0 Å². The van der Waals surface area contributed by atoms with Crippen LogP contribution in [0.15, 0.2) is 18.2 Å². The van der Waals surface area contributed by atoms with Crippen LogP contribution in [0.2, 0.25) is 0 Å². The summed E-state index contributed by atoms with van der Waals surface area (Å²) < 4.78 is 26.2. The summed E-state index contributed by atoms with van der Waals surface area (Å²) in [4.78, 5) is 13.3. The van der Waals surface area contributed by atoms with E-state index in [0.717, 1.165) is 25.0 Å². The summed E-state index contributed by atoms with van der Waals surface area (Å²) >= 11 is 0. The number of amides is 1. The van der Waals surface area contributed by atoms with Crippen molar-refractivity contribution < 1.29 is 18.7 Å². The smallest absolute Gasteiger partial charge is 0.257 e. The number of carbonyl (C=O) groups excluding carboxylic acids is 1. The number of hydrogen-bond acceptors (Lipinski definition) is 2. The van der Waals surface area contributed by atoms with E-state index in [2.05, 4.69) is 0 Å². The van der Waals surface area contributed by atoms with Gasteiger partial charge in [0.1, 0.15) is 17.2 Å². The van der Waals surface area contributed by atoms with Gasteiger partial charge in [-0.2, -0.15) is 0 Å². The van der Waals surface area contributed by atoms with Gasteiger partial charge < -0.3 is 10.0 Å². The topological polar surface area (TPSA) is 40.5 Å². The molecule has 2 fully saturated rings. The van der Waals surface area contributed by atoms with E-state index in [1.54, 1.807) is 0 Å². The van der Waals surface area contributed by atoms with Crippen LogP contribution in [0.4, 0.5) is 8.78 Å². The number of halogens is 2. The molecule has 1 saturated heterocycles. The van der Waals surface area contributed by atoms with Gasteiger partial charge in [0.2, 0.25) is 0 Å². The molecule has 3 rings (SSSR count). The minimum Gasteiger partial charge on any atom is -0.386 e. The summed E-state index contributed by atoms with van der Waals surface area (Å²) in [6.07, 6.45) is 1.98. The molecular weight excluding hydrogens is 240 g/mol. The van der Waals surface area contributed by atoms with Crippen molar-refractivity contribution in [2.75, 3.05) is 13.1 Å². The summed E-state index contributed by atoms with van der Waals surface area (Å²) in [6, 6.07) is 2.89. The molecule has 0 unspecified atom stereocenters. The number of aliphatic hydroxyl groups is 1. The van der Waals surface area contributed by atoms with E-state index in [-0.39, 0.29) is 24.6 Å². The minimum absolute atomic E-state index is 0.144. The summed E-state index contributed by atoms with van der Waals surface area (Å²) in [5, 5.41) is 10.1. The molecule has 2 aliphatic rings. The molecule has 0 bridgehead atoms. The number of nitrogens with zero attached hydrogens (tertiary/aromatic N) is 1. The van der Waals surface area contributed by atoms with Gasteiger partial charge in [0, 0.05) is 6.07 Å². The predicted molar refractivity (Wildman–Crippen MR) is 59.9 cm³/mol. The molecule has 18 heavy (non-hydrogen) atoms. The van der Waals surface area contributed by atoms with Gasteiger partial charge in [-0.3, -0.25) is 4.79 Å². The second-order valence-corrected chi connectivity index (χ2v) is 5.16. The first kappa shape index (κ1) is 11.6.